The van der Waals surface area contributed by atoms with Crippen LogP contribution in [0, 0.1) is 5.92 Å². The number of fused-ring (bicyclic) bond motifs is 1. The Kier molecular flexibility index (Phi) is 7.03. The summed E-state index contributed by atoms with van der Waals surface area (Å²) in [4.78, 5) is 64.2. The lowest BCUT2D eigenvalue weighted by molar-refractivity contribution is -0.137. The molecule has 0 radical (unpaired) electrons. The first kappa shape index (κ1) is 24.7. The molecule has 2 fully saturated rings. The number of hydrogen-bond acceptors (Lipinski definition) is 5. The minimum Gasteiger partial charge on any atom is -0.350 e. The number of rotatable bonds is 7. The van der Waals surface area contributed by atoms with Gasteiger partial charge in [0, 0.05) is 31.0 Å². The van der Waals surface area contributed by atoms with Crippen molar-refractivity contribution in [2.24, 2.45) is 5.92 Å². The number of nitrogens with one attached hydrogen (secondary N) is 3. The summed E-state index contributed by atoms with van der Waals surface area (Å²) in [6.07, 6.45) is 4.26. The lowest BCUT2D eigenvalue weighted by Crippen LogP contribution is -2.52. The second-order valence-electron chi connectivity index (χ2n) is 9.94. The molecule has 2 aromatic carbocycles. The topological polar surface area (TPSA) is 125 Å². The van der Waals surface area contributed by atoms with Gasteiger partial charge < -0.3 is 15.5 Å². The van der Waals surface area contributed by atoms with Gasteiger partial charge in [0.1, 0.15) is 12.1 Å². The van der Waals surface area contributed by atoms with Crippen molar-refractivity contribution in [3.8, 4) is 0 Å². The molecule has 3 aliphatic rings. The van der Waals surface area contributed by atoms with Crippen LogP contribution in [0.15, 0.2) is 48.5 Å². The fourth-order valence-electron chi connectivity index (χ4n) is 5.42. The number of carbonyl (C=O) groups is 5. The largest absolute Gasteiger partial charge is 0.350 e. The molecule has 192 valence electrons. The van der Waals surface area contributed by atoms with E-state index < -0.39 is 18.0 Å². The summed E-state index contributed by atoms with van der Waals surface area (Å²) >= 11 is 0. The Hall–Kier alpha value is -4.01. The number of benzene rings is 2. The molecule has 1 saturated carbocycles. The predicted molar refractivity (Wildman–Crippen MR) is 134 cm³/mol. The molecule has 2 aromatic rings. The lowest BCUT2D eigenvalue weighted by Gasteiger charge is -2.29. The second-order valence-corrected chi connectivity index (χ2v) is 9.94. The number of imide groups is 1. The molecule has 2 atom stereocenters. The van der Waals surface area contributed by atoms with E-state index in [2.05, 4.69) is 16.0 Å². The molecule has 0 aromatic heterocycles. The first-order valence-electron chi connectivity index (χ1n) is 12.8. The molecule has 3 N–H and O–H groups in total. The van der Waals surface area contributed by atoms with E-state index in [-0.39, 0.29) is 49.1 Å². The maximum absolute atomic E-state index is 13.2. The van der Waals surface area contributed by atoms with Crippen LogP contribution in [0.4, 0.5) is 0 Å². The quantitative estimate of drug-likeness (QED) is 0.500. The van der Waals surface area contributed by atoms with Crippen molar-refractivity contribution >= 4 is 29.5 Å². The van der Waals surface area contributed by atoms with E-state index in [9.17, 15) is 24.0 Å². The van der Waals surface area contributed by atoms with Gasteiger partial charge in [-0.3, -0.25) is 29.3 Å². The first-order chi connectivity index (χ1) is 17.9. The van der Waals surface area contributed by atoms with Crippen LogP contribution < -0.4 is 16.0 Å². The average Bonchev–Trinajstić information content (AvgIpc) is 3.55. The zero-order valence-electron chi connectivity index (χ0n) is 20.5. The van der Waals surface area contributed by atoms with Crippen molar-refractivity contribution in [2.45, 2.75) is 63.7 Å². The maximum Gasteiger partial charge on any atom is 0.255 e. The zero-order valence-corrected chi connectivity index (χ0v) is 20.5. The molecular weight excluding hydrogens is 472 g/mol. The molecule has 1 aliphatic carbocycles. The Morgan fingerprint density at radius 2 is 1.76 bits per heavy atom. The standard InChI is InChI=1S/C28H30N4O5/c33-23-13-12-22(26(35)30-23)32-16-20-14-17(10-11-21(20)28(32)37)15-29-27(36)24(18-6-2-1-3-7-18)31-25(34)19-8-4-5-9-19/h1-3,6-7,10-11,14,19,22,24H,4-5,8-9,12-13,15-16H2,(H,29,36)(H,31,34)(H,30,33,35). The summed E-state index contributed by atoms with van der Waals surface area (Å²) in [5, 5.41) is 8.18. The third-order valence-electron chi connectivity index (χ3n) is 7.46. The van der Waals surface area contributed by atoms with Gasteiger partial charge in [0.15, 0.2) is 0 Å². The Labute approximate surface area is 215 Å². The van der Waals surface area contributed by atoms with E-state index in [1.165, 1.54) is 4.90 Å². The SMILES string of the molecule is O=C1CCC(N2Cc3cc(CNC(=O)C(NC(=O)C4CCCC4)c4ccccc4)ccc3C2=O)C(=O)N1. The van der Waals surface area contributed by atoms with Crippen molar-refractivity contribution in [3.63, 3.8) is 0 Å². The maximum atomic E-state index is 13.2. The number of carbonyl (C=O) groups excluding carboxylic acids is 5. The van der Waals surface area contributed by atoms with Gasteiger partial charge in [0.25, 0.3) is 5.91 Å². The van der Waals surface area contributed by atoms with E-state index >= 15 is 0 Å². The monoisotopic (exact) mass is 502 g/mol. The summed E-state index contributed by atoms with van der Waals surface area (Å²) in [6.45, 7) is 0.494. The molecular formula is C28H30N4O5. The van der Waals surface area contributed by atoms with Crippen molar-refractivity contribution < 1.29 is 24.0 Å². The van der Waals surface area contributed by atoms with Crippen molar-refractivity contribution in [3.05, 3.63) is 70.8 Å². The smallest absolute Gasteiger partial charge is 0.255 e. The van der Waals surface area contributed by atoms with Gasteiger partial charge in [-0.25, -0.2) is 0 Å². The summed E-state index contributed by atoms with van der Waals surface area (Å²) in [6, 6.07) is 13.1. The van der Waals surface area contributed by atoms with Crippen LogP contribution in [0.5, 0.6) is 0 Å². The molecule has 2 heterocycles. The summed E-state index contributed by atoms with van der Waals surface area (Å²) in [7, 11) is 0. The van der Waals surface area contributed by atoms with Gasteiger partial charge in [-0.15, -0.1) is 0 Å². The fourth-order valence-corrected chi connectivity index (χ4v) is 5.42. The second kappa shape index (κ2) is 10.5. The van der Waals surface area contributed by atoms with Gasteiger partial charge in [0.05, 0.1) is 0 Å². The Bertz CT molecular complexity index is 1240. The average molecular weight is 503 g/mol. The van der Waals surface area contributed by atoms with Crippen LogP contribution >= 0.6 is 0 Å². The van der Waals surface area contributed by atoms with Crippen LogP contribution in [0.1, 0.15) is 71.6 Å². The van der Waals surface area contributed by atoms with Crippen LogP contribution in [0.3, 0.4) is 0 Å². The number of amides is 5. The zero-order chi connectivity index (χ0) is 25.9. The first-order valence-corrected chi connectivity index (χ1v) is 12.8. The van der Waals surface area contributed by atoms with Crippen LogP contribution in [-0.2, 0) is 32.3 Å². The van der Waals surface area contributed by atoms with Gasteiger partial charge in [0.2, 0.25) is 23.6 Å². The Balaban J connectivity index is 1.25. The molecule has 0 spiro atoms. The molecule has 9 nitrogen and oxygen atoms in total. The fraction of sp³-hybridized carbons (Fsp3) is 0.393. The molecule has 37 heavy (non-hydrogen) atoms. The predicted octanol–water partition coefficient (Wildman–Crippen LogP) is 2.11. The highest BCUT2D eigenvalue weighted by atomic mass is 16.2. The molecule has 5 amide bonds. The normalized spacial score (nSPS) is 20.4. The number of piperidine rings is 1. The van der Waals surface area contributed by atoms with Gasteiger partial charge in [-0.05, 0) is 42.0 Å². The highest BCUT2D eigenvalue weighted by Crippen LogP contribution is 2.29. The number of hydrogen-bond donors (Lipinski definition) is 3. The summed E-state index contributed by atoms with van der Waals surface area (Å²) in [5.41, 5.74) is 2.81. The number of nitrogens with zero attached hydrogens (tertiary/aromatic N) is 1. The Morgan fingerprint density at radius 1 is 1.00 bits per heavy atom. The lowest BCUT2D eigenvalue weighted by atomic mass is 10.0. The minimum atomic E-state index is -0.798. The highest BCUT2D eigenvalue weighted by Gasteiger charge is 2.39. The molecule has 2 aliphatic heterocycles. The van der Waals surface area contributed by atoms with Gasteiger partial charge >= 0.3 is 0 Å². The highest BCUT2D eigenvalue weighted by molar-refractivity contribution is 6.05. The summed E-state index contributed by atoms with van der Waals surface area (Å²) < 4.78 is 0. The van der Waals surface area contributed by atoms with Crippen molar-refractivity contribution in [1.82, 2.24) is 20.9 Å². The molecule has 5 rings (SSSR count). The molecule has 0 bridgehead atoms. The van der Waals surface area contributed by atoms with Crippen LogP contribution in [0.25, 0.3) is 0 Å². The molecule has 1 saturated heterocycles. The van der Waals surface area contributed by atoms with Crippen LogP contribution in [0.2, 0.25) is 0 Å². The summed E-state index contributed by atoms with van der Waals surface area (Å²) in [5.74, 6) is -1.46. The van der Waals surface area contributed by atoms with E-state index in [1.54, 1.807) is 12.1 Å². The third-order valence-corrected chi connectivity index (χ3v) is 7.46. The molecule has 9 heteroatoms. The minimum absolute atomic E-state index is 0.0550. The van der Waals surface area contributed by atoms with E-state index in [4.69, 9.17) is 0 Å². The van der Waals surface area contributed by atoms with Crippen molar-refractivity contribution in [2.75, 3.05) is 0 Å². The van der Waals surface area contributed by atoms with E-state index in [0.29, 0.717) is 17.5 Å². The third kappa shape index (κ3) is 5.26. The van der Waals surface area contributed by atoms with Gasteiger partial charge in [-0.1, -0.05) is 55.3 Å². The van der Waals surface area contributed by atoms with Crippen molar-refractivity contribution in [1.29, 1.82) is 0 Å². The van der Waals surface area contributed by atoms with E-state index in [1.807, 2.05) is 36.4 Å². The molecule has 2 unspecified atom stereocenters. The Morgan fingerprint density at radius 3 is 2.49 bits per heavy atom. The van der Waals surface area contributed by atoms with Crippen LogP contribution in [-0.4, -0.2) is 40.5 Å². The van der Waals surface area contributed by atoms with Gasteiger partial charge in [-0.2, -0.15) is 0 Å². The van der Waals surface area contributed by atoms with E-state index in [0.717, 1.165) is 36.8 Å².